The number of phosphoric acid groups is 2. The van der Waals surface area contributed by atoms with E-state index in [1.54, 1.807) is 0 Å². The number of carbonyl (C=O) groups is 4. The second-order valence-corrected chi connectivity index (χ2v) is 29.2. The number of ether oxygens (including phenoxy) is 4. The molecule has 0 aliphatic rings. The van der Waals surface area contributed by atoms with Gasteiger partial charge in [0.05, 0.1) is 26.4 Å². The Morgan fingerprint density at radius 3 is 0.890 bits per heavy atom. The van der Waals surface area contributed by atoms with E-state index in [1.807, 2.05) is 18.2 Å². The van der Waals surface area contributed by atoms with Crippen LogP contribution >= 0.6 is 15.6 Å². The largest absolute Gasteiger partial charge is 0.472 e. The number of carbonyl (C=O) groups excluding carboxylic acids is 4. The smallest absolute Gasteiger partial charge is 0.462 e. The Bertz CT molecular complexity index is 2270. The summed E-state index contributed by atoms with van der Waals surface area (Å²) in [6.45, 7) is 4.65. The first kappa shape index (κ1) is 96.0. The van der Waals surface area contributed by atoms with Gasteiger partial charge in [-0.05, 0) is 109 Å². The Morgan fingerprint density at radius 1 is 0.290 bits per heavy atom. The standard InChI is InChI=1S/C81H142O17P2/c1-5-9-13-17-21-25-29-32-35-36-37-38-41-43-47-50-54-58-62-66-79(84)92-72-77(98-81(86)68-64-60-56-52-48-44-40-34-31-27-23-19-15-11-7-3)74-96-100(89,90)94-70-75(82)69-93-99(87,88)95-73-76(97-80(85)67-63-59-55-51-45-28-24-20-16-12-8-4)71-91-78(83)65-61-57-53-49-46-42-39-33-30-26-22-18-14-10-6-2/h9,13,20-21,24-25,32-33,35,37-39,43,47,54,58,75-77,82H,5-8,10-12,14-19,22-23,26-31,34,36,40-42,44-46,48-53,55-57,59-74H2,1-4H3,(H,87,88)(H,89,90)/b13-9-,24-20-,25-21-,35-32-,38-37-,39-33-,47-43-,58-54-. The zero-order chi connectivity index (χ0) is 73.2. The van der Waals surface area contributed by atoms with Crippen LogP contribution in [0.4, 0.5) is 0 Å². The summed E-state index contributed by atoms with van der Waals surface area (Å²) in [6, 6.07) is 0. The molecule has 578 valence electrons. The third-order valence-electron chi connectivity index (χ3n) is 16.5. The van der Waals surface area contributed by atoms with Crippen molar-refractivity contribution >= 4 is 39.5 Å². The van der Waals surface area contributed by atoms with Crippen LogP contribution in [-0.4, -0.2) is 96.7 Å². The fourth-order valence-corrected chi connectivity index (χ4v) is 12.1. The number of unbranched alkanes of at least 4 members (excludes halogenated alkanes) is 32. The van der Waals surface area contributed by atoms with E-state index in [0.29, 0.717) is 32.1 Å². The first-order chi connectivity index (χ1) is 48.7. The van der Waals surface area contributed by atoms with Crippen molar-refractivity contribution in [2.24, 2.45) is 0 Å². The highest BCUT2D eigenvalue weighted by atomic mass is 31.2. The van der Waals surface area contributed by atoms with Gasteiger partial charge in [0.15, 0.2) is 12.2 Å². The maximum absolute atomic E-state index is 13.1. The highest BCUT2D eigenvalue weighted by Gasteiger charge is 2.30. The summed E-state index contributed by atoms with van der Waals surface area (Å²) in [5.41, 5.74) is 0. The second-order valence-electron chi connectivity index (χ2n) is 26.3. The van der Waals surface area contributed by atoms with Gasteiger partial charge in [-0.1, -0.05) is 298 Å². The van der Waals surface area contributed by atoms with Gasteiger partial charge in [0.25, 0.3) is 0 Å². The van der Waals surface area contributed by atoms with Crippen molar-refractivity contribution < 1.29 is 80.2 Å². The summed E-state index contributed by atoms with van der Waals surface area (Å²) in [5, 5.41) is 10.6. The predicted octanol–water partition coefficient (Wildman–Crippen LogP) is 22.8. The quantitative estimate of drug-likeness (QED) is 0.0169. The Hall–Kier alpha value is -4.02. The zero-order valence-electron chi connectivity index (χ0n) is 63.1. The molecule has 0 saturated heterocycles. The molecule has 17 nitrogen and oxygen atoms in total. The molecule has 100 heavy (non-hydrogen) atoms. The lowest BCUT2D eigenvalue weighted by atomic mass is 10.0. The van der Waals surface area contributed by atoms with E-state index >= 15 is 0 Å². The van der Waals surface area contributed by atoms with Crippen LogP contribution in [0, 0.1) is 0 Å². The average molecular weight is 1450 g/mol. The summed E-state index contributed by atoms with van der Waals surface area (Å²) in [6.07, 6.45) is 77.0. The van der Waals surface area contributed by atoms with Crippen LogP contribution in [0.15, 0.2) is 97.2 Å². The molecule has 0 amide bonds. The predicted molar refractivity (Wildman–Crippen MR) is 409 cm³/mol. The van der Waals surface area contributed by atoms with Gasteiger partial charge in [0, 0.05) is 25.7 Å². The summed E-state index contributed by atoms with van der Waals surface area (Å²) in [5.74, 6) is -2.27. The van der Waals surface area contributed by atoms with E-state index < -0.39 is 97.5 Å². The highest BCUT2D eigenvalue weighted by Crippen LogP contribution is 2.45. The summed E-state index contributed by atoms with van der Waals surface area (Å²) in [7, 11) is -9.97. The third kappa shape index (κ3) is 72.3. The van der Waals surface area contributed by atoms with Crippen molar-refractivity contribution in [3.63, 3.8) is 0 Å². The molecular formula is C81H142O17P2. The Labute approximate surface area is 607 Å². The van der Waals surface area contributed by atoms with Crippen LogP contribution in [0.5, 0.6) is 0 Å². The summed E-state index contributed by atoms with van der Waals surface area (Å²) < 4.78 is 68.4. The molecule has 0 saturated carbocycles. The molecule has 3 N–H and O–H groups in total. The number of allylic oxidation sites excluding steroid dienone is 16. The number of aliphatic hydroxyl groups excluding tert-OH is 1. The van der Waals surface area contributed by atoms with Gasteiger partial charge in [-0.2, -0.15) is 0 Å². The Morgan fingerprint density at radius 2 is 0.550 bits per heavy atom. The molecule has 0 aromatic heterocycles. The first-order valence-corrected chi connectivity index (χ1v) is 42.5. The van der Waals surface area contributed by atoms with Crippen LogP contribution in [0.25, 0.3) is 0 Å². The molecule has 0 fully saturated rings. The fourth-order valence-electron chi connectivity index (χ4n) is 10.5. The van der Waals surface area contributed by atoms with E-state index in [1.165, 1.54) is 116 Å². The van der Waals surface area contributed by atoms with E-state index in [-0.39, 0.29) is 25.7 Å². The Balaban J connectivity index is 5.38. The van der Waals surface area contributed by atoms with Gasteiger partial charge >= 0.3 is 39.5 Å². The van der Waals surface area contributed by atoms with Crippen molar-refractivity contribution in [2.45, 2.75) is 354 Å². The maximum atomic E-state index is 13.1. The molecule has 5 unspecified atom stereocenters. The minimum absolute atomic E-state index is 0.0379. The Kier molecular flexibility index (Phi) is 70.4. The molecule has 0 bridgehead atoms. The van der Waals surface area contributed by atoms with Gasteiger partial charge in [-0.3, -0.25) is 37.3 Å². The van der Waals surface area contributed by atoms with Crippen molar-refractivity contribution in [2.75, 3.05) is 39.6 Å². The van der Waals surface area contributed by atoms with E-state index in [4.69, 9.17) is 37.0 Å². The number of hydrogen-bond donors (Lipinski definition) is 3. The SMILES string of the molecule is CC/C=C\C/C=C\C/C=C\C/C=C\C/C=C\C/C=C\CCC(=O)OCC(COP(=O)(O)OCC(O)COP(=O)(O)OCC(COC(=O)CCCCCCC/C=C\CCCCCCCC)OC(=O)CCCCCCC/C=C\CCCC)OC(=O)CCCCCCCCCCCCCCCCC. The minimum Gasteiger partial charge on any atom is -0.462 e. The van der Waals surface area contributed by atoms with E-state index in [9.17, 15) is 43.2 Å². The first-order valence-electron chi connectivity index (χ1n) is 39.5. The second kappa shape index (κ2) is 73.3. The number of aliphatic hydroxyl groups is 1. The normalized spacial score (nSPS) is 14.4. The van der Waals surface area contributed by atoms with Crippen LogP contribution in [0.2, 0.25) is 0 Å². The van der Waals surface area contributed by atoms with E-state index in [2.05, 4.69) is 107 Å². The molecule has 0 radical (unpaired) electrons. The molecule has 5 atom stereocenters. The van der Waals surface area contributed by atoms with Crippen molar-refractivity contribution in [1.29, 1.82) is 0 Å². The molecule has 0 aliphatic heterocycles. The third-order valence-corrected chi connectivity index (χ3v) is 18.4. The highest BCUT2D eigenvalue weighted by molar-refractivity contribution is 7.47. The van der Waals surface area contributed by atoms with Crippen molar-refractivity contribution in [1.82, 2.24) is 0 Å². The molecule has 0 aromatic rings. The van der Waals surface area contributed by atoms with Gasteiger partial charge in [0.1, 0.15) is 19.3 Å². The number of esters is 4. The molecule has 19 heteroatoms. The fraction of sp³-hybridized carbons (Fsp3) is 0.753. The molecule has 0 aromatic carbocycles. The monoisotopic (exact) mass is 1450 g/mol. The molecule has 0 rings (SSSR count). The number of hydrogen-bond acceptors (Lipinski definition) is 15. The summed E-state index contributed by atoms with van der Waals surface area (Å²) in [4.78, 5) is 72.8. The topological polar surface area (TPSA) is 237 Å². The van der Waals surface area contributed by atoms with Gasteiger partial charge in [0.2, 0.25) is 0 Å². The van der Waals surface area contributed by atoms with Crippen LogP contribution < -0.4 is 0 Å². The zero-order valence-corrected chi connectivity index (χ0v) is 64.9. The molecule has 0 heterocycles. The van der Waals surface area contributed by atoms with Crippen molar-refractivity contribution in [3.8, 4) is 0 Å². The molecule has 0 aliphatic carbocycles. The molecule has 0 spiro atoms. The van der Waals surface area contributed by atoms with Gasteiger partial charge < -0.3 is 33.8 Å². The van der Waals surface area contributed by atoms with Gasteiger partial charge in [-0.15, -0.1) is 0 Å². The minimum atomic E-state index is -4.99. The lowest BCUT2D eigenvalue weighted by molar-refractivity contribution is -0.161. The van der Waals surface area contributed by atoms with Crippen LogP contribution in [0.3, 0.4) is 0 Å². The van der Waals surface area contributed by atoms with Crippen molar-refractivity contribution in [3.05, 3.63) is 97.2 Å². The lowest BCUT2D eigenvalue weighted by Crippen LogP contribution is -2.30. The number of phosphoric ester groups is 2. The van der Waals surface area contributed by atoms with Gasteiger partial charge in [-0.25, -0.2) is 9.13 Å². The van der Waals surface area contributed by atoms with Crippen LogP contribution in [-0.2, 0) is 65.4 Å². The van der Waals surface area contributed by atoms with Crippen LogP contribution in [0.1, 0.15) is 336 Å². The lowest BCUT2D eigenvalue weighted by Gasteiger charge is -2.21. The summed E-state index contributed by atoms with van der Waals surface area (Å²) >= 11 is 0. The molecular weight excluding hydrogens is 1310 g/mol. The number of rotatable bonds is 74. The van der Waals surface area contributed by atoms with E-state index in [0.717, 1.165) is 135 Å². The maximum Gasteiger partial charge on any atom is 0.472 e. The average Bonchev–Trinajstić information content (AvgIpc) is 0.985.